The maximum Gasteiger partial charge on any atom is 0.274 e. The Bertz CT molecular complexity index is 784. The molecule has 0 aromatic carbocycles. The van der Waals surface area contributed by atoms with Crippen molar-refractivity contribution in [1.82, 2.24) is 34.4 Å². The van der Waals surface area contributed by atoms with Crippen molar-refractivity contribution in [3.63, 3.8) is 0 Å². The molecule has 8 heteroatoms. The van der Waals surface area contributed by atoms with E-state index in [2.05, 4.69) is 25.0 Å². The number of rotatable bonds is 4. The highest BCUT2D eigenvalue weighted by molar-refractivity contribution is 5.25. The van der Waals surface area contributed by atoms with Gasteiger partial charge in [-0.25, -0.2) is 15.0 Å². The Morgan fingerprint density at radius 3 is 2.95 bits per heavy atom. The van der Waals surface area contributed by atoms with Gasteiger partial charge in [0.2, 0.25) is 0 Å². The van der Waals surface area contributed by atoms with Crippen LogP contribution in [0.2, 0.25) is 0 Å². The third kappa shape index (κ3) is 2.45. The highest BCUT2D eigenvalue weighted by atomic mass is 16.1. The lowest BCUT2D eigenvalue weighted by molar-refractivity contribution is 0.307. The molecule has 0 saturated heterocycles. The summed E-state index contributed by atoms with van der Waals surface area (Å²) in [5.41, 5.74) is 1.56. The average Bonchev–Trinajstić information content (AvgIpc) is 2.98. The summed E-state index contributed by atoms with van der Waals surface area (Å²) in [6, 6.07) is 1.51. The number of hydrogen-bond donors (Lipinski definition) is 2. The van der Waals surface area contributed by atoms with Crippen LogP contribution < -0.4 is 5.56 Å². The molecule has 8 nitrogen and oxygen atoms in total. The summed E-state index contributed by atoms with van der Waals surface area (Å²) in [6.07, 6.45) is 3.24. The molecule has 3 aromatic rings. The number of fused-ring (bicyclic) bond motifs is 1. The zero-order valence-corrected chi connectivity index (χ0v) is 11.3. The van der Waals surface area contributed by atoms with Crippen molar-refractivity contribution in [3.8, 4) is 0 Å². The fourth-order valence-electron chi connectivity index (χ4n) is 2.09. The molecule has 0 fully saturated rings. The predicted octanol–water partition coefficient (Wildman–Crippen LogP) is 0.0811. The molecule has 0 bridgehead atoms. The second-order valence-electron chi connectivity index (χ2n) is 4.79. The molecule has 3 heterocycles. The second-order valence-corrected chi connectivity index (χ2v) is 4.79. The molecule has 3 rings (SSSR count). The Labute approximate surface area is 114 Å². The molecule has 0 atom stereocenters. The Morgan fingerprint density at radius 2 is 2.20 bits per heavy atom. The van der Waals surface area contributed by atoms with Crippen LogP contribution in [0.25, 0.3) is 5.78 Å². The summed E-state index contributed by atoms with van der Waals surface area (Å²) < 4.78 is 1.30. The zero-order valence-electron chi connectivity index (χ0n) is 11.3. The van der Waals surface area contributed by atoms with E-state index in [1.54, 1.807) is 6.20 Å². The zero-order chi connectivity index (χ0) is 14.1. The van der Waals surface area contributed by atoms with Crippen molar-refractivity contribution in [2.45, 2.75) is 20.0 Å². The van der Waals surface area contributed by atoms with Crippen LogP contribution in [0.5, 0.6) is 0 Å². The molecular formula is C12H15N7O. The molecule has 0 saturated carbocycles. The molecule has 0 spiro atoms. The summed E-state index contributed by atoms with van der Waals surface area (Å²) in [4.78, 5) is 29.6. The van der Waals surface area contributed by atoms with E-state index in [1.807, 2.05) is 18.9 Å². The Balaban J connectivity index is 1.76. The summed E-state index contributed by atoms with van der Waals surface area (Å²) in [6.45, 7) is 3.18. The van der Waals surface area contributed by atoms with Gasteiger partial charge in [0.25, 0.3) is 11.3 Å². The minimum Gasteiger partial charge on any atom is -0.345 e. The molecule has 20 heavy (non-hydrogen) atoms. The number of imidazole rings is 1. The third-order valence-corrected chi connectivity index (χ3v) is 2.93. The fraction of sp³-hybridized carbons (Fsp3) is 0.333. The maximum atomic E-state index is 11.8. The quantitative estimate of drug-likeness (QED) is 0.702. The standard InChI is InChI=1S/C12H15N7O/c1-8-4-13-10(16-8)6-18(2)5-9-3-11(20)19-12(17-9)14-7-15-19/h3-4,7H,5-6H2,1-2H3,(H,13,16)(H,14,15,17). The number of aromatic amines is 2. The fourth-order valence-corrected chi connectivity index (χ4v) is 2.09. The van der Waals surface area contributed by atoms with Gasteiger partial charge in [-0.1, -0.05) is 0 Å². The number of aromatic nitrogens is 6. The van der Waals surface area contributed by atoms with E-state index in [1.165, 1.54) is 16.9 Å². The molecule has 2 N–H and O–H groups in total. The first-order valence-electron chi connectivity index (χ1n) is 6.23. The van der Waals surface area contributed by atoms with Gasteiger partial charge < -0.3 is 4.98 Å². The molecule has 0 aliphatic carbocycles. The molecule has 0 unspecified atom stereocenters. The number of hydrogen-bond acceptors (Lipinski definition) is 5. The van der Waals surface area contributed by atoms with Gasteiger partial charge in [0, 0.05) is 24.5 Å². The summed E-state index contributed by atoms with van der Waals surface area (Å²) in [7, 11) is 1.95. The Morgan fingerprint density at radius 1 is 1.35 bits per heavy atom. The van der Waals surface area contributed by atoms with Crippen LogP contribution in [0, 0.1) is 6.92 Å². The van der Waals surface area contributed by atoms with Gasteiger partial charge in [-0.2, -0.15) is 4.52 Å². The van der Waals surface area contributed by atoms with Crippen LogP contribution in [-0.2, 0) is 13.1 Å². The lowest BCUT2D eigenvalue weighted by Crippen LogP contribution is -2.22. The minimum atomic E-state index is -0.162. The van der Waals surface area contributed by atoms with Gasteiger partial charge in [-0.05, 0) is 14.0 Å². The second kappa shape index (κ2) is 4.89. The number of nitrogens with zero attached hydrogens (tertiary/aromatic N) is 5. The van der Waals surface area contributed by atoms with Crippen LogP contribution in [0.15, 0.2) is 23.4 Å². The first kappa shape index (κ1) is 12.5. The molecule has 0 radical (unpaired) electrons. The third-order valence-electron chi connectivity index (χ3n) is 2.93. The monoisotopic (exact) mass is 273 g/mol. The predicted molar refractivity (Wildman–Crippen MR) is 72.1 cm³/mol. The van der Waals surface area contributed by atoms with E-state index in [9.17, 15) is 4.79 Å². The number of H-pyrrole nitrogens is 2. The van der Waals surface area contributed by atoms with Crippen molar-refractivity contribution < 1.29 is 0 Å². The van der Waals surface area contributed by atoms with E-state index in [0.29, 0.717) is 24.6 Å². The van der Waals surface area contributed by atoms with Crippen molar-refractivity contribution in [2.75, 3.05) is 7.05 Å². The van der Waals surface area contributed by atoms with Crippen molar-refractivity contribution in [1.29, 1.82) is 0 Å². The van der Waals surface area contributed by atoms with E-state index >= 15 is 0 Å². The van der Waals surface area contributed by atoms with Crippen molar-refractivity contribution in [2.24, 2.45) is 0 Å². The molecular weight excluding hydrogens is 258 g/mol. The van der Waals surface area contributed by atoms with Crippen LogP contribution in [0.3, 0.4) is 0 Å². The van der Waals surface area contributed by atoms with Crippen molar-refractivity contribution >= 4 is 5.78 Å². The van der Waals surface area contributed by atoms with Gasteiger partial charge in [0.15, 0.2) is 0 Å². The van der Waals surface area contributed by atoms with Crippen LogP contribution in [0.4, 0.5) is 0 Å². The Hall–Kier alpha value is -2.48. The smallest absolute Gasteiger partial charge is 0.274 e. The number of aryl methyl sites for hydroxylation is 1. The average molecular weight is 273 g/mol. The summed E-state index contributed by atoms with van der Waals surface area (Å²) in [5.74, 6) is 1.28. The van der Waals surface area contributed by atoms with E-state index in [0.717, 1.165) is 11.5 Å². The molecule has 3 aromatic heterocycles. The molecule has 0 aliphatic heterocycles. The van der Waals surface area contributed by atoms with Gasteiger partial charge in [-0.15, -0.1) is 0 Å². The normalized spacial score (nSPS) is 11.6. The van der Waals surface area contributed by atoms with E-state index in [-0.39, 0.29) is 5.56 Å². The lowest BCUT2D eigenvalue weighted by Gasteiger charge is -2.14. The lowest BCUT2D eigenvalue weighted by atomic mass is 10.3. The van der Waals surface area contributed by atoms with Crippen LogP contribution in [0.1, 0.15) is 17.2 Å². The minimum absolute atomic E-state index is 0.162. The summed E-state index contributed by atoms with van der Waals surface area (Å²) in [5, 5.41) is 2.71. The first-order valence-corrected chi connectivity index (χ1v) is 6.23. The van der Waals surface area contributed by atoms with Crippen LogP contribution in [-0.4, -0.2) is 41.5 Å². The molecule has 0 aliphatic rings. The highest BCUT2D eigenvalue weighted by Crippen LogP contribution is 2.03. The summed E-state index contributed by atoms with van der Waals surface area (Å²) >= 11 is 0. The molecule has 0 amide bonds. The highest BCUT2D eigenvalue weighted by Gasteiger charge is 2.08. The SMILES string of the molecule is Cc1cnc(CN(C)Cc2cc(=O)n3[nH]cnc3n2)[nH]1. The van der Waals surface area contributed by atoms with Gasteiger partial charge in [-0.3, -0.25) is 14.8 Å². The van der Waals surface area contributed by atoms with Gasteiger partial charge in [0.1, 0.15) is 12.2 Å². The van der Waals surface area contributed by atoms with Crippen molar-refractivity contribution in [3.05, 3.63) is 46.2 Å². The number of nitrogens with one attached hydrogen (secondary N) is 2. The topological polar surface area (TPSA) is 95.0 Å². The largest absolute Gasteiger partial charge is 0.345 e. The maximum absolute atomic E-state index is 11.8. The Kier molecular flexibility index (Phi) is 3.07. The van der Waals surface area contributed by atoms with Gasteiger partial charge >= 0.3 is 0 Å². The van der Waals surface area contributed by atoms with Gasteiger partial charge in [0.05, 0.1) is 12.2 Å². The van der Waals surface area contributed by atoms with E-state index in [4.69, 9.17) is 0 Å². The van der Waals surface area contributed by atoms with E-state index < -0.39 is 0 Å². The first-order chi connectivity index (χ1) is 9.61. The van der Waals surface area contributed by atoms with Crippen LogP contribution >= 0.6 is 0 Å². The molecule has 104 valence electrons.